The molecular weight excluding hydrogens is 565 g/mol. The minimum Gasteiger partial charge on any atom is -0.490 e. The number of methoxy groups -OCH3 is 1. The minimum atomic E-state index is -0.285. The molecule has 0 unspecified atom stereocenters. The van der Waals surface area contributed by atoms with E-state index >= 15 is 0 Å². The second kappa shape index (κ2) is 11.9. The second-order valence-electron chi connectivity index (χ2n) is 6.86. The summed E-state index contributed by atoms with van der Waals surface area (Å²) in [4.78, 5) is 26.6. The topological polar surface area (TPSA) is 65.1 Å². The average Bonchev–Trinajstić information content (AvgIpc) is 3.02. The quantitative estimate of drug-likeness (QED) is 0.193. The fourth-order valence-electron chi connectivity index (χ4n) is 3.02. The van der Waals surface area contributed by atoms with Crippen LogP contribution in [-0.4, -0.2) is 42.9 Å². The van der Waals surface area contributed by atoms with Crippen LogP contribution in [0.1, 0.15) is 24.5 Å². The molecule has 1 heterocycles. The molecule has 0 saturated carbocycles. The number of nitrogens with zero attached hydrogens (tertiary/aromatic N) is 1. The van der Waals surface area contributed by atoms with Crippen LogP contribution in [0.25, 0.3) is 6.08 Å². The molecule has 1 aliphatic heterocycles. The molecule has 9 heteroatoms. The lowest BCUT2D eigenvalue weighted by Crippen LogP contribution is -2.29. The van der Waals surface area contributed by atoms with Crippen molar-refractivity contribution < 1.29 is 23.8 Å². The fraction of sp³-hybridized carbons (Fsp3) is 0.304. The number of thioether (sulfide) groups is 1. The molecule has 0 spiro atoms. The third kappa shape index (κ3) is 6.40. The molecule has 2 aromatic rings. The van der Waals surface area contributed by atoms with Crippen molar-refractivity contribution in [2.24, 2.45) is 0 Å². The van der Waals surface area contributed by atoms with E-state index in [-0.39, 0.29) is 11.1 Å². The summed E-state index contributed by atoms with van der Waals surface area (Å²) in [5.41, 5.74) is 1.75. The van der Waals surface area contributed by atoms with Crippen LogP contribution in [0.3, 0.4) is 0 Å². The maximum atomic E-state index is 12.7. The highest BCUT2D eigenvalue weighted by molar-refractivity contribution is 14.1. The van der Waals surface area contributed by atoms with Crippen LogP contribution < -0.4 is 9.47 Å². The Bertz CT molecular complexity index is 1010. The standard InChI is InChI=1S/C23H23ClINO5S/c1-3-30-19-12-16(13-20-22(27)26(23(28)32-20)9-4-10-29-2)11-18(25)21(19)31-14-15-5-7-17(24)8-6-15/h5-8,11-13H,3-4,9-10,14H2,1-2H3/b20-13+. The van der Waals surface area contributed by atoms with Gasteiger partial charge in [-0.15, -0.1) is 0 Å². The highest BCUT2D eigenvalue weighted by atomic mass is 127. The van der Waals surface area contributed by atoms with Crippen LogP contribution in [0, 0.1) is 3.57 Å². The summed E-state index contributed by atoms with van der Waals surface area (Å²) in [5, 5.41) is 0.408. The molecule has 1 fully saturated rings. The number of halogens is 2. The summed E-state index contributed by atoms with van der Waals surface area (Å²) >= 11 is 9.07. The molecule has 3 rings (SSSR count). The molecule has 0 N–H and O–H groups in total. The van der Waals surface area contributed by atoms with Gasteiger partial charge in [-0.05, 0) is 89.2 Å². The second-order valence-corrected chi connectivity index (χ2v) is 9.45. The fourth-order valence-corrected chi connectivity index (χ4v) is 4.79. The van der Waals surface area contributed by atoms with E-state index in [0.717, 1.165) is 26.5 Å². The zero-order valence-electron chi connectivity index (χ0n) is 17.7. The van der Waals surface area contributed by atoms with Crippen molar-refractivity contribution >= 4 is 63.2 Å². The van der Waals surface area contributed by atoms with Crippen molar-refractivity contribution in [1.82, 2.24) is 4.90 Å². The molecular formula is C23H23ClINO5S. The Kier molecular flexibility index (Phi) is 9.27. The normalized spacial score (nSPS) is 15.0. The molecule has 0 aliphatic carbocycles. The average molecular weight is 588 g/mol. The number of carbonyl (C=O) groups excluding carboxylic acids is 2. The summed E-state index contributed by atoms with van der Waals surface area (Å²) in [6.45, 7) is 3.57. The third-order valence-electron chi connectivity index (χ3n) is 4.53. The predicted molar refractivity (Wildman–Crippen MR) is 135 cm³/mol. The van der Waals surface area contributed by atoms with Crippen molar-refractivity contribution in [2.45, 2.75) is 20.0 Å². The summed E-state index contributed by atoms with van der Waals surface area (Å²) in [6, 6.07) is 11.2. The molecule has 1 aliphatic rings. The Hall–Kier alpha value is -1.75. The molecule has 170 valence electrons. The first kappa shape index (κ1) is 24.9. The summed E-state index contributed by atoms with van der Waals surface area (Å²) in [5.74, 6) is 0.929. The number of imide groups is 1. The summed E-state index contributed by atoms with van der Waals surface area (Å²) < 4.78 is 17.7. The van der Waals surface area contributed by atoms with E-state index in [1.54, 1.807) is 13.2 Å². The van der Waals surface area contributed by atoms with Gasteiger partial charge in [0.2, 0.25) is 0 Å². The third-order valence-corrected chi connectivity index (χ3v) is 6.49. The van der Waals surface area contributed by atoms with E-state index in [9.17, 15) is 9.59 Å². The number of carbonyl (C=O) groups is 2. The van der Waals surface area contributed by atoms with E-state index in [2.05, 4.69) is 22.6 Å². The first-order valence-electron chi connectivity index (χ1n) is 10.0. The number of hydrogen-bond acceptors (Lipinski definition) is 6. The number of hydrogen-bond donors (Lipinski definition) is 0. The number of ether oxygens (including phenoxy) is 3. The van der Waals surface area contributed by atoms with Gasteiger partial charge in [0.25, 0.3) is 11.1 Å². The summed E-state index contributed by atoms with van der Waals surface area (Å²) in [7, 11) is 1.59. The van der Waals surface area contributed by atoms with Gasteiger partial charge in [-0.3, -0.25) is 14.5 Å². The van der Waals surface area contributed by atoms with Gasteiger partial charge < -0.3 is 14.2 Å². The Morgan fingerprint density at radius 1 is 1.16 bits per heavy atom. The Morgan fingerprint density at radius 3 is 2.59 bits per heavy atom. The maximum Gasteiger partial charge on any atom is 0.293 e. The zero-order valence-corrected chi connectivity index (χ0v) is 21.5. The van der Waals surface area contributed by atoms with E-state index in [1.807, 2.05) is 43.3 Å². The molecule has 2 amide bonds. The smallest absolute Gasteiger partial charge is 0.293 e. The van der Waals surface area contributed by atoms with E-state index in [0.29, 0.717) is 54.2 Å². The number of amides is 2. The molecule has 0 radical (unpaired) electrons. The van der Waals surface area contributed by atoms with Crippen LogP contribution in [-0.2, 0) is 16.1 Å². The van der Waals surface area contributed by atoms with E-state index in [1.165, 1.54) is 4.90 Å². The van der Waals surface area contributed by atoms with Crippen LogP contribution in [0.15, 0.2) is 41.3 Å². The first-order chi connectivity index (χ1) is 15.4. The number of benzene rings is 2. The Balaban J connectivity index is 1.80. The van der Waals surface area contributed by atoms with Crippen molar-refractivity contribution in [1.29, 1.82) is 0 Å². The van der Waals surface area contributed by atoms with Gasteiger partial charge in [-0.25, -0.2) is 0 Å². The van der Waals surface area contributed by atoms with Crippen LogP contribution in [0.4, 0.5) is 4.79 Å². The number of rotatable bonds is 10. The minimum absolute atomic E-state index is 0.264. The van der Waals surface area contributed by atoms with Gasteiger partial charge in [-0.2, -0.15) is 0 Å². The van der Waals surface area contributed by atoms with Gasteiger partial charge in [0.15, 0.2) is 11.5 Å². The van der Waals surface area contributed by atoms with Gasteiger partial charge in [0.05, 0.1) is 15.1 Å². The van der Waals surface area contributed by atoms with Crippen LogP contribution in [0.5, 0.6) is 11.5 Å². The lowest BCUT2D eigenvalue weighted by atomic mass is 10.1. The van der Waals surface area contributed by atoms with Gasteiger partial charge >= 0.3 is 0 Å². The van der Waals surface area contributed by atoms with Crippen molar-refractivity contribution in [2.75, 3.05) is 26.9 Å². The lowest BCUT2D eigenvalue weighted by Gasteiger charge is -2.15. The first-order valence-corrected chi connectivity index (χ1v) is 12.3. The van der Waals surface area contributed by atoms with Gasteiger partial charge in [-0.1, -0.05) is 23.7 Å². The van der Waals surface area contributed by atoms with Crippen molar-refractivity contribution in [3.05, 3.63) is 61.0 Å². The zero-order chi connectivity index (χ0) is 23.1. The maximum absolute atomic E-state index is 12.7. The predicted octanol–water partition coefficient (Wildman–Crippen LogP) is 6.00. The SMILES string of the molecule is CCOc1cc(/C=C2/SC(=O)N(CCCOC)C2=O)cc(I)c1OCc1ccc(Cl)cc1. The lowest BCUT2D eigenvalue weighted by molar-refractivity contribution is -0.122. The summed E-state index contributed by atoms with van der Waals surface area (Å²) in [6.07, 6.45) is 2.32. The highest BCUT2D eigenvalue weighted by Gasteiger charge is 2.34. The largest absolute Gasteiger partial charge is 0.490 e. The highest BCUT2D eigenvalue weighted by Crippen LogP contribution is 2.38. The molecule has 0 aromatic heterocycles. The Morgan fingerprint density at radius 2 is 1.91 bits per heavy atom. The molecule has 1 saturated heterocycles. The molecule has 32 heavy (non-hydrogen) atoms. The molecule has 0 bridgehead atoms. The van der Waals surface area contributed by atoms with Gasteiger partial charge in [0, 0.05) is 25.3 Å². The Labute approximate surface area is 210 Å². The van der Waals surface area contributed by atoms with Crippen molar-refractivity contribution in [3.8, 4) is 11.5 Å². The van der Waals surface area contributed by atoms with Crippen LogP contribution >= 0.6 is 46.0 Å². The van der Waals surface area contributed by atoms with Gasteiger partial charge in [0.1, 0.15) is 6.61 Å². The van der Waals surface area contributed by atoms with E-state index in [4.69, 9.17) is 25.8 Å². The molecule has 6 nitrogen and oxygen atoms in total. The molecule has 0 atom stereocenters. The van der Waals surface area contributed by atoms with Crippen LogP contribution in [0.2, 0.25) is 5.02 Å². The monoisotopic (exact) mass is 587 g/mol. The van der Waals surface area contributed by atoms with Crippen molar-refractivity contribution in [3.63, 3.8) is 0 Å². The molecule has 2 aromatic carbocycles. The van der Waals surface area contributed by atoms with E-state index < -0.39 is 0 Å².